The molecule has 0 aliphatic carbocycles. The van der Waals surface area contributed by atoms with Crippen molar-refractivity contribution in [1.29, 1.82) is 5.26 Å². The number of ether oxygens (including phenoxy) is 1. The van der Waals surface area contributed by atoms with Crippen molar-refractivity contribution in [3.63, 3.8) is 0 Å². The number of halogens is 3. The normalized spacial score (nSPS) is 12.0. The van der Waals surface area contributed by atoms with Gasteiger partial charge in [0.2, 0.25) is 0 Å². The molecule has 2 aromatic rings. The molecular formula is C20H18ClF2N3O5S. The lowest BCUT2D eigenvalue weighted by Crippen LogP contribution is -2.50. The molecule has 170 valence electrons. The minimum Gasteiger partial charge on any atom is -0.435 e. The number of alkyl halides is 2. The molecule has 0 radical (unpaired) electrons. The molecule has 32 heavy (non-hydrogen) atoms. The topological polar surface area (TPSA) is 117 Å². The number of carbonyl (C=O) groups is 2. The third kappa shape index (κ3) is 7.18. The van der Waals surface area contributed by atoms with E-state index in [4.69, 9.17) is 16.9 Å². The number of sulfone groups is 1. The highest BCUT2D eigenvalue weighted by atomic mass is 35.5. The lowest BCUT2D eigenvalue weighted by Gasteiger charge is -2.20. The quantitative estimate of drug-likeness (QED) is 0.431. The van der Waals surface area contributed by atoms with Gasteiger partial charge in [-0.15, -0.1) is 0 Å². The lowest BCUT2D eigenvalue weighted by molar-refractivity contribution is -0.128. The molecule has 12 heteroatoms. The van der Waals surface area contributed by atoms with Gasteiger partial charge in [-0.3, -0.25) is 14.5 Å². The van der Waals surface area contributed by atoms with E-state index in [1.54, 1.807) is 6.19 Å². The standard InChI is InChI=1S/C20H18ClF2N3O5S/c1-26(12-24)19(28)16(25-18(27)13-6-8-15(21)9-7-13)11-32(29,30)10-14-4-2-3-5-17(14)31-20(22)23/h2-9,16,20H,10-11H2,1H3,(H,25,27)/t16-/m0/s1. The first-order valence-electron chi connectivity index (χ1n) is 8.99. The third-order valence-corrected chi connectivity index (χ3v) is 6.02. The molecule has 0 aliphatic rings. The van der Waals surface area contributed by atoms with E-state index < -0.39 is 45.8 Å². The van der Waals surface area contributed by atoms with Crippen molar-refractivity contribution in [2.45, 2.75) is 18.4 Å². The zero-order chi connectivity index (χ0) is 23.9. The smallest absolute Gasteiger partial charge is 0.387 e. The second-order valence-corrected chi connectivity index (χ2v) is 9.12. The van der Waals surface area contributed by atoms with Gasteiger partial charge in [-0.1, -0.05) is 29.8 Å². The fourth-order valence-electron chi connectivity index (χ4n) is 2.68. The van der Waals surface area contributed by atoms with Crippen molar-refractivity contribution in [1.82, 2.24) is 10.2 Å². The Hall–Kier alpha value is -3.23. The molecule has 8 nitrogen and oxygen atoms in total. The summed E-state index contributed by atoms with van der Waals surface area (Å²) in [7, 11) is -3.02. The van der Waals surface area contributed by atoms with Crippen molar-refractivity contribution in [2.75, 3.05) is 12.8 Å². The highest BCUT2D eigenvalue weighted by Crippen LogP contribution is 2.23. The Labute approximate surface area is 188 Å². The van der Waals surface area contributed by atoms with Gasteiger partial charge >= 0.3 is 6.61 Å². The van der Waals surface area contributed by atoms with Gasteiger partial charge in [-0.2, -0.15) is 14.0 Å². The van der Waals surface area contributed by atoms with Crippen LogP contribution in [0.25, 0.3) is 0 Å². The van der Waals surface area contributed by atoms with Crippen molar-refractivity contribution in [3.8, 4) is 11.9 Å². The van der Waals surface area contributed by atoms with E-state index in [-0.39, 0.29) is 16.9 Å². The van der Waals surface area contributed by atoms with Crippen LogP contribution in [0.15, 0.2) is 48.5 Å². The van der Waals surface area contributed by atoms with Gasteiger partial charge < -0.3 is 10.1 Å². The number of likely N-dealkylation sites (N-methyl/N-ethyl adjacent to an activating group) is 1. The summed E-state index contributed by atoms with van der Waals surface area (Å²) in [6, 6.07) is 9.34. The molecule has 2 amide bonds. The maximum atomic E-state index is 12.8. The zero-order valence-corrected chi connectivity index (χ0v) is 18.2. The summed E-state index contributed by atoms with van der Waals surface area (Å²) < 4.78 is 55.1. The number of nitriles is 1. The first-order chi connectivity index (χ1) is 15.0. The van der Waals surface area contributed by atoms with Gasteiger partial charge in [0.25, 0.3) is 11.8 Å². The Bertz CT molecular complexity index is 1120. The molecule has 0 aromatic heterocycles. The summed E-state index contributed by atoms with van der Waals surface area (Å²) in [4.78, 5) is 25.6. The summed E-state index contributed by atoms with van der Waals surface area (Å²) in [5, 5.41) is 11.6. The van der Waals surface area contributed by atoms with Gasteiger partial charge in [-0.05, 0) is 30.3 Å². The van der Waals surface area contributed by atoms with Gasteiger partial charge in [-0.25, -0.2) is 8.42 Å². The lowest BCUT2D eigenvalue weighted by atomic mass is 10.2. The molecule has 0 saturated carbocycles. The summed E-state index contributed by atoms with van der Waals surface area (Å²) >= 11 is 5.78. The van der Waals surface area contributed by atoms with Crippen LogP contribution in [0.5, 0.6) is 5.75 Å². The molecule has 1 N–H and O–H groups in total. The van der Waals surface area contributed by atoms with Gasteiger partial charge in [0.15, 0.2) is 16.0 Å². The molecule has 0 unspecified atom stereocenters. The van der Waals surface area contributed by atoms with Crippen molar-refractivity contribution in [2.24, 2.45) is 0 Å². The average molecular weight is 486 g/mol. The van der Waals surface area contributed by atoms with Crippen molar-refractivity contribution in [3.05, 3.63) is 64.7 Å². The van der Waals surface area contributed by atoms with Crippen LogP contribution < -0.4 is 10.1 Å². The Morgan fingerprint density at radius 2 is 1.81 bits per heavy atom. The van der Waals surface area contributed by atoms with Crippen LogP contribution in [0.2, 0.25) is 5.02 Å². The number of carbonyl (C=O) groups excluding carboxylic acids is 2. The van der Waals surface area contributed by atoms with Crippen LogP contribution >= 0.6 is 11.6 Å². The van der Waals surface area contributed by atoms with Crippen molar-refractivity contribution < 1.29 is 31.5 Å². The number of nitrogens with zero attached hydrogens (tertiary/aromatic N) is 2. The van der Waals surface area contributed by atoms with Gasteiger partial charge in [0.1, 0.15) is 11.8 Å². The molecule has 1 atom stereocenters. The maximum Gasteiger partial charge on any atom is 0.387 e. The molecule has 0 heterocycles. The fraction of sp³-hybridized carbons (Fsp3) is 0.250. The van der Waals surface area contributed by atoms with Crippen LogP contribution in [0.3, 0.4) is 0 Å². The van der Waals surface area contributed by atoms with Crippen LogP contribution in [0.4, 0.5) is 8.78 Å². The van der Waals surface area contributed by atoms with Crippen LogP contribution in [0, 0.1) is 11.5 Å². The molecule has 0 fully saturated rings. The van der Waals surface area contributed by atoms with Crippen LogP contribution in [-0.4, -0.2) is 50.6 Å². The third-order valence-electron chi connectivity index (χ3n) is 4.18. The monoisotopic (exact) mass is 485 g/mol. The highest BCUT2D eigenvalue weighted by Gasteiger charge is 2.30. The second kappa shape index (κ2) is 10.9. The fourth-order valence-corrected chi connectivity index (χ4v) is 4.37. The molecule has 2 rings (SSSR count). The highest BCUT2D eigenvalue weighted by molar-refractivity contribution is 7.90. The minimum absolute atomic E-state index is 0.0448. The Morgan fingerprint density at radius 1 is 1.19 bits per heavy atom. The second-order valence-electron chi connectivity index (χ2n) is 6.57. The van der Waals surface area contributed by atoms with E-state index >= 15 is 0 Å². The number of hydrogen-bond acceptors (Lipinski definition) is 6. The van der Waals surface area contributed by atoms with Crippen molar-refractivity contribution >= 4 is 33.3 Å². The van der Waals surface area contributed by atoms with E-state index in [2.05, 4.69) is 10.1 Å². The number of rotatable bonds is 9. The first kappa shape index (κ1) is 25.0. The van der Waals surface area contributed by atoms with E-state index in [9.17, 15) is 26.8 Å². The number of hydrogen-bond donors (Lipinski definition) is 1. The van der Waals surface area contributed by atoms with Gasteiger partial charge in [0.05, 0.1) is 11.5 Å². The summed E-state index contributed by atoms with van der Waals surface area (Å²) in [5.74, 6) is -3.65. The summed E-state index contributed by atoms with van der Waals surface area (Å²) in [6.45, 7) is -3.16. The SMILES string of the molecule is CN(C#N)C(=O)[C@H](CS(=O)(=O)Cc1ccccc1OC(F)F)NC(=O)c1ccc(Cl)cc1. The first-order valence-corrected chi connectivity index (χ1v) is 11.2. The predicted octanol–water partition coefficient (Wildman–Crippen LogP) is 2.59. The Kier molecular flexibility index (Phi) is 8.51. The number of nitrogens with one attached hydrogen (secondary N) is 1. The van der Waals surface area contributed by atoms with E-state index in [1.165, 1.54) is 48.5 Å². The molecular weight excluding hydrogens is 468 g/mol. The van der Waals surface area contributed by atoms with E-state index in [0.29, 0.717) is 9.92 Å². The summed E-state index contributed by atoms with van der Waals surface area (Å²) in [5.41, 5.74) is 0.0663. The molecule has 0 bridgehead atoms. The van der Waals surface area contributed by atoms with E-state index in [1.807, 2.05) is 0 Å². The van der Waals surface area contributed by atoms with Gasteiger partial charge in [0, 0.05) is 23.2 Å². The number of amides is 2. The minimum atomic E-state index is -4.13. The van der Waals surface area contributed by atoms with Crippen LogP contribution in [-0.2, 0) is 20.4 Å². The zero-order valence-electron chi connectivity index (χ0n) is 16.7. The number of benzene rings is 2. The Morgan fingerprint density at radius 3 is 2.41 bits per heavy atom. The summed E-state index contributed by atoms with van der Waals surface area (Å²) in [6.07, 6.45) is 1.55. The van der Waals surface area contributed by atoms with E-state index in [0.717, 1.165) is 7.05 Å². The predicted molar refractivity (Wildman–Crippen MR) is 112 cm³/mol. The number of para-hydroxylation sites is 1. The maximum absolute atomic E-state index is 12.8. The van der Waals surface area contributed by atoms with Crippen LogP contribution in [0.1, 0.15) is 15.9 Å². The largest absolute Gasteiger partial charge is 0.435 e. The molecule has 0 aliphatic heterocycles. The average Bonchev–Trinajstić information content (AvgIpc) is 2.73. The molecule has 2 aromatic carbocycles. The Balaban J connectivity index is 2.26. The molecule has 0 spiro atoms. The molecule has 0 saturated heterocycles.